The topological polar surface area (TPSA) is 114 Å². The van der Waals surface area contributed by atoms with E-state index in [0.29, 0.717) is 5.56 Å². The highest BCUT2D eigenvalue weighted by atomic mass is 35.5. The highest BCUT2D eigenvalue weighted by molar-refractivity contribution is 6.33. The van der Waals surface area contributed by atoms with E-state index in [1.165, 1.54) is 24.4 Å². The molecule has 18 heavy (non-hydrogen) atoms. The zero-order valence-electron chi connectivity index (χ0n) is 9.47. The molecule has 0 atom stereocenters. The van der Waals surface area contributed by atoms with Crippen molar-refractivity contribution in [1.82, 2.24) is 0 Å². The van der Waals surface area contributed by atoms with Crippen molar-refractivity contribution in [2.24, 2.45) is 21.7 Å². The number of nitrogens with zero attached hydrogens (tertiary/aromatic N) is 2. The van der Waals surface area contributed by atoms with Gasteiger partial charge in [-0.05, 0) is 18.2 Å². The van der Waals surface area contributed by atoms with Gasteiger partial charge in [0.15, 0.2) is 0 Å². The molecule has 0 fully saturated rings. The van der Waals surface area contributed by atoms with E-state index >= 15 is 0 Å². The van der Waals surface area contributed by atoms with Crippen molar-refractivity contribution in [3.63, 3.8) is 0 Å². The maximum atomic E-state index is 12.6. The van der Waals surface area contributed by atoms with Gasteiger partial charge in [0.2, 0.25) is 5.96 Å². The SMILES string of the molecule is CC(=O)O.NC(N)=N/N=C/c1ccc(F)cc1Cl. The Balaban J connectivity index is 0.000000631. The quantitative estimate of drug-likeness (QED) is 0.427. The van der Waals surface area contributed by atoms with E-state index in [9.17, 15) is 4.39 Å². The molecule has 5 N–H and O–H groups in total. The molecule has 0 heterocycles. The zero-order chi connectivity index (χ0) is 14.1. The summed E-state index contributed by atoms with van der Waals surface area (Å²) in [6.45, 7) is 1.08. The van der Waals surface area contributed by atoms with E-state index in [2.05, 4.69) is 10.2 Å². The van der Waals surface area contributed by atoms with Crippen LogP contribution in [0.2, 0.25) is 5.02 Å². The summed E-state index contributed by atoms with van der Waals surface area (Å²) in [7, 11) is 0. The number of carbonyl (C=O) groups is 1. The van der Waals surface area contributed by atoms with Gasteiger partial charge in [-0.3, -0.25) is 4.79 Å². The van der Waals surface area contributed by atoms with Gasteiger partial charge in [-0.25, -0.2) is 4.39 Å². The van der Waals surface area contributed by atoms with Gasteiger partial charge in [-0.15, -0.1) is 5.10 Å². The molecule has 0 aromatic heterocycles. The second-order valence-electron chi connectivity index (χ2n) is 2.95. The Morgan fingerprint density at radius 1 is 1.50 bits per heavy atom. The van der Waals surface area contributed by atoms with Crippen molar-refractivity contribution >= 4 is 29.7 Å². The van der Waals surface area contributed by atoms with Crippen LogP contribution in [0.3, 0.4) is 0 Å². The minimum Gasteiger partial charge on any atom is -0.481 e. The van der Waals surface area contributed by atoms with Crippen LogP contribution < -0.4 is 11.5 Å². The van der Waals surface area contributed by atoms with Gasteiger partial charge >= 0.3 is 0 Å². The summed E-state index contributed by atoms with van der Waals surface area (Å²) in [5.41, 5.74) is 10.6. The molecule has 0 aliphatic carbocycles. The van der Waals surface area contributed by atoms with Crippen molar-refractivity contribution in [1.29, 1.82) is 0 Å². The Bertz CT molecular complexity index is 469. The number of nitrogens with two attached hydrogens (primary N) is 2. The molecule has 8 heteroatoms. The minimum absolute atomic E-state index is 0.153. The lowest BCUT2D eigenvalue weighted by molar-refractivity contribution is -0.134. The van der Waals surface area contributed by atoms with Gasteiger partial charge in [0, 0.05) is 12.5 Å². The van der Waals surface area contributed by atoms with Crippen molar-refractivity contribution in [2.45, 2.75) is 6.92 Å². The van der Waals surface area contributed by atoms with Gasteiger partial charge in [0.05, 0.1) is 11.2 Å². The summed E-state index contributed by atoms with van der Waals surface area (Å²) in [4.78, 5) is 9.00. The van der Waals surface area contributed by atoms with E-state index in [-0.39, 0.29) is 11.0 Å². The van der Waals surface area contributed by atoms with Crippen LogP contribution in [-0.4, -0.2) is 23.2 Å². The van der Waals surface area contributed by atoms with Crippen LogP contribution in [0.1, 0.15) is 12.5 Å². The van der Waals surface area contributed by atoms with Crippen molar-refractivity contribution in [3.05, 3.63) is 34.6 Å². The highest BCUT2D eigenvalue weighted by Gasteiger charge is 1.98. The van der Waals surface area contributed by atoms with Gasteiger partial charge < -0.3 is 16.6 Å². The summed E-state index contributed by atoms with van der Waals surface area (Å²) in [5, 5.41) is 14.6. The van der Waals surface area contributed by atoms with E-state index in [1.807, 2.05) is 0 Å². The van der Waals surface area contributed by atoms with Crippen LogP contribution in [0.4, 0.5) is 4.39 Å². The largest absolute Gasteiger partial charge is 0.481 e. The molecule has 1 rings (SSSR count). The first-order valence-electron chi connectivity index (χ1n) is 4.59. The third-order valence-electron chi connectivity index (χ3n) is 1.33. The Kier molecular flexibility index (Phi) is 7.06. The maximum absolute atomic E-state index is 12.6. The first kappa shape index (κ1) is 15.9. The van der Waals surface area contributed by atoms with E-state index < -0.39 is 11.8 Å². The van der Waals surface area contributed by atoms with Gasteiger partial charge in [0.25, 0.3) is 5.97 Å². The van der Waals surface area contributed by atoms with Crippen LogP contribution in [0.25, 0.3) is 0 Å². The molecule has 0 aliphatic rings. The van der Waals surface area contributed by atoms with E-state index in [4.69, 9.17) is 33.0 Å². The molecule has 0 bridgehead atoms. The summed E-state index contributed by atoms with van der Waals surface area (Å²) < 4.78 is 12.6. The summed E-state index contributed by atoms with van der Waals surface area (Å²) >= 11 is 5.70. The molecular formula is C10H12ClFN4O2. The smallest absolute Gasteiger partial charge is 0.300 e. The third-order valence-corrected chi connectivity index (χ3v) is 1.66. The molecule has 0 saturated carbocycles. The molecule has 98 valence electrons. The molecular weight excluding hydrogens is 263 g/mol. The average Bonchev–Trinajstić information content (AvgIpc) is 2.20. The maximum Gasteiger partial charge on any atom is 0.300 e. The van der Waals surface area contributed by atoms with Crippen LogP contribution in [-0.2, 0) is 4.79 Å². The van der Waals surface area contributed by atoms with E-state index in [0.717, 1.165) is 6.92 Å². The fourth-order valence-electron chi connectivity index (χ4n) is 0.764. The van der Waals surface area contributed by atoms with Crippen LogP contribution in [0.15, 0.2) is 28.4 Å². The Hall–Kier alpha value is -2.15. The van der Waals surface area contributed by atoms with Gasteiger partial charge in [0.1, 0.15) is 5.82 Å². The number of halogens is 2. The Labute approximate surface area is 108 Å². The monoisotopic (exact) mass is 274 g/mol. The van der Waals surface area contributed by atoms with Crippen molar-refractivity contribution in [2.75, 3.05) is 0 Å². The summed E-state index contributed by atoms with van der Waals surface area (Å²) in [6.07, 6.45) is 1.33. The fraction of sp³-hybridized carbons (Fsp3) is 0.100. The molecule has 6 nitrogen and oxygen atoms in total. The number of guanidine groups is 1. The molecule has 1 aromatic carbocycles. The number of hydrogen-bond acceptors (Lipinski definition) is 3. The number of benzene rings is 1. The lowest BCUT2D eigenvalue weighted by atomic mass is 10.2. The number of hydrogen-bond donors (Lipinski definition) is 3. The molecule has 0 unspecified atom stereocenters. The molecule has 1 aromatic rings. The lowest BCUT2D eigenvalue weighted by Gasteiger charge is -1.95. The molecule has 0 amide bonds. The van der Waals surface area contributed by atoms with Crippen LogP contribution in [0, 0.1) is 5.82 Å². The highest BCUT2D eigenvalue weighted by Crippen LogP contribution is 2.15. The number of carboxylic acids is 1. The lowest BCUT2D eigenvalue weighted by Crippen LogP contribution is -2.21. The van der Waals surface area contributed by atoms with E-state index in [1.54, 1.807) is 0 Å². The minimum atomic E-state index is -0.833. The fourth-order valence-corrected chi connectivity index (χ4v) is 0.980. The molecule has 0 saturated heterocycles. The third kappa shape index (κ3) is 8.05. The number of carboxylic acid groups (broad SMARTS) is 1. The Morgan fingerprint density at radius 2 is 2.06 bits per heavy atom. The summed E-state index contributed by atoms with van der Waals surface area (Å²) in [6, 6.07) is 3.92. The summed E-state index contributed by atoms with van der Waals surface area (Å²) in [5.74, 6) is -1.39. The first-order valence-corrected chi connectivity index (χ1v) is 4.97. The number of aliphatic carboxylic acids is 1. The second kappa shape index (κ2) is 8.02. The van der Waals surface area contributed by atoms with Crippen molar-refractivity contribution in [3.8, 4) is 0 Å². The predicted molar refractivity (Wildman–Crippen MR) is 68.1 cm³/mol. The average molecular weight is 275 g/mol. The standard InChI is InChI=1S/C8H8ClFN4.C2H4O2/c9-7-3-6(10)2-1-5(7)4-13-14-8(11)12;1-2(3)4/h1-4H,(H4,11,12,14);1H3,(H,3,4)/b13-4+;. The van der Waals surface area contributed by atoms with Crippen LogP contribution >= 0.6 is 11.6 Å². The molecule has 0 radical (unpaired) electrons. The predicted octanol–water partition coefficient (Wildman–Crippen LogP) is 1.18. The number of rotatable bonds is 2. The molecule has 0 aliphatic heterocycles. The normalized spacial score (nSPS) is 9.50. The second-order valence-corrected chi connectivity index (χ2v) is 3.36. The zero-order valence-corrected chi connectivity index (χ0v) is 10.2. The first-order chi connectivity index (χ1) is 8.32. The van der Waals surface area contributed by atoms with Crippen molar-refractivity contribution < 1.29 is 14.3 Å². The van der Waals surface area contributed by atoms with Crippen LogP contribution in [0.5, 0.6) is 0 Å². The molecule has 0 spiro atoms. The Morgan fingerprint density at radius 3 is 2.50 bits per heavy atom. The van der Waals surface area contributed by atoms with Gasteiger partial charge in [-0.1, -0.05) is 11.6 Å². The van der Waals surface area contributed by atoms with Gasteiger partial charge in [-0.2, -0.15) is 5.10 Å².